The summed E-state index contributed by atoms with van der Waals surface area (Å²) in [5.41, 5.74) is 7.18. The van der Waals surface area contributed by atoms with E-state index in [-0.39, 0.29) is 48.6 Å². The number of piperidine rings is 1. The third-order valence-corrected chi connectivity index (χ3v) is 11.7. The first-order valence-electron chi connectivity index (χ1n) is 21.0. The van der Waals surface area contributed by atoms with E-state index in [9.17, 15) is 19.5 Å². The van der Waals surface area contributed by atoms with Crippen molar-refractivity contribution in [3.8, 4) is 11.1 Å². The smallest absolute Gasteiger partial charge is 0.243 e. The van der Waals surface area contributed by atoms with Gasteiger partial charge in [-0.15, -0.1) is 0 Å². The summed E-state index contributed by atoms with van der Waals surface area (Å²) in [4.78, 5) is 39.9. The van der Waals surface area contributed by atoms with E-state index in [0.717, 1.165) is 59.1 Å². The Bertz CT molecular complexity index is 1780. The summed E-state index contributed by atoms with van der Waals surface area (Å²) in [6.45, 7) is 7.18. The Kier molecular flexibility index (Phi) is 14.9. The number of unbranched alkanes of at least 4 members (excludes halogenated alkanes) is 2. The van der Waals surface area contributed by atoms with Gasteiger partial charge < -0.3 is 25.2 Å². The number of hydroxylamine groups is 1. The molecule has 6 atom stereocenters. The number of aliphatic hydroxyl groups is 1. The van der Waals surface area contributed by atoms with Crippen molar-refractivity contribution in [2.75, 3.05) is 6.54 Å². The summed E-state index contributed by atoms with van der Waals surface area (Å²) in [5, 5.41) is 24.6. The number of hydrogen-bond donors (Lipinski definition) is 5. The molecule has 1 saturated carbocycles. The molecule has 0 radical (unpaired) electrons. The average molecular weight is 783 g/mol. The number of likely N-dealkylation sites (tertiary alicyclic amines) is 1. The molecule has 3 amide bonds. The highest BCUT2D eigenvalue weighted by Crippen LogP contribution is 2.42. The largest absolute Gasteiger partial charge is 0.392 e. The Morgan fingerprint density at radius 2 is 1.51 bits per heavy atom. The van der Waals surface area contributed by atoms with Gasteiger partial charge in [-0.1, -0.05) is 86.0 Å². The van der Waals surface area contributed by atoms with Crippen molar-refractivity contribution in [3.63, 3.8) is 0 Å². The van der Waals surface area contributed by atoms with E-state index in [1.165, 1.54) is 19.3 Å². The van der Waals surface area contributed by atoms with Crippen LogP contribution >= 0.6 is 0 Å². The van der Waals surface area contributed by atoms with Crippen molar-refractivity contribution < 1.29 is 34.2 Å². The maximum Gasteiger partial charge on any atom is 0.243 e. The molecule has 3 aromatic rings. The average Bonchev–Trinajstić information content (AvgIpc) is 3.22. The van der Waals surface area contributed by atoms with E-state index in [1.807, 2.05) is 57.2 Å². The van der Waals surface area contributed by atoms with E-state index >= 15 is 0 Å². The number of ether oxygens (including phenoxy) is 2. The van der Waals surface area contributed by atoms with Crippen LogP contribution in [-0.2, 0) is 37.0 Å². The highest BCUT2D eigenvalue weighted by molar-refractivity contribution is 5.82. The van der Waals surface area contributed by atoms with Crippen LogP contribution in [0.4, 0.5) is 0 Å². The van der Waals surface area contributed by atoms with Crippen molar-refractivity contribution in [2.24, 2.45) is 5.92 Å². The molecule has 0 aromatic heterocycles. The molecule has 5 N–H and O–H groups in total. The lowest BCUT2D eigenvalue weighted by atomic mass is 9.75. The van der Waals surface area contributed by atoms with Crippen LogP contribution in [0.25, 0.3) is 11.1 Å². The van der Waals surface area contributed by atoms with Gasteiger partial charge in [-0.05, 0) is 99.1 Å². The molecule has 57 heavy (non-hydrogen) atoms. The van der Waals surface area contributed by atoms with Gasteiger partial charge >= 0.3 is 0 Å². The van der Waals surface area contributed by atoms with Crippen LogP contribution in [0, 0.1) is 5.92 Å². The Morgan fingerprint density at radius 3 is 2.23 bits per heavy atom. The zero-order valence-electron chi connectivity index (χ0n) is 33.9. The zero-order valence-corrected chi connectivity index (χ0v) is 33.9. The lowest BCUT2D eigenvalue weighted by Gasteiger charge is -2.50. The van der Waals surface area contributed by atoms with Crippen molar-refractivity contribution in [2.45, 2.75) is 147 Å². The van der Waals surface area contributed by atoms with Crippen molar-refractivity contribution in [1.82, 2.24) is 21.0 Å². The third-order valence-electron chi connectivity index (χ3n) is 11.7. The topological polar surface area (TPSA) is 149 Å². The molecule has 2 heterocycles. The number of carbonyl (C=O) groups excluding carboxylic acids is 3. The summed E-state index contributed by atoms with van der Waals surface area (Å²) >= 11 is 0. The van der Waals surface area contributed by atoms with Gasteiger partial charge in [0.15, 0.2) is 6.29 Å². The Labute approximate surface area is 337 Å². The SMILES string of the molecule is CC(C)(C)NC(=O)[C@H]1CC[C@H]2CCCC[C@H]2N1C[C@H]1C[C@@H](c2ccc(CO)cc2)O[C@@H](c2ccc(-c3cccc(CNC(=O)CCCCCC(=O)NO)c3)cc2)O1. The van der Waals surface area contributed by atoms with Crippen LogP contribution in [0.15, 0.2) is 72.8 Å². The van der Waals surface area contributed by atoms with E-state index in [1.54, 1.807) is 5.48 Å². The summed E-state index contributed by atoms with van der Waals surface area (Å²) < 4.78 is 13.6. The van der Waals surface area contributed by atoms with Crippen molar-refractivity contribution >= 4 is 17.7 Å². The zero-order chi connectivity index (χ0) is 40.4. The highest BCUT2D eigenvalue weighted by atomic mass is 16.7. The number of benzene rings is 3. The minimum atomic E-state index is -0.609. The molecule has 11 nitrogen and oxygen atoms in total. The molecule has 0 unspecified atom stereocenters. The van der Waals surface area contributed by atoms with Crippen LogP contribution in [-0.4, -0.2) is 63.2 Å². The van der Waals surface area contributed by atoms with Gasteiger partial charge in [-0.2, -0.15) is 0 Å². The van der Waals surface area contributed by atoms with Gasteiger partial charge in [-0.3, -0.25) is 24.5 Å². The minimum absolute atomic E-state index is 0.0178. The van der Waals surface area contributed by atoms with E-state index in [0.29, 0.717) is 50.7 Å². The number of rotatable bonds is 15. The molecule has 6 rings (SSSR count). The number of carbonyl (C=O) groups is 3. The number of fused-ring (bicyclic) bond motifs is 1. The predicted molar refractivity (Wildman–Crippen MR) is 219 cm³/mol. The van der Waals surface area contributed by atoms with Crippen LogP contribution < -0.4 is 16.1 Å². The molecular formula is C46H62N4O7. The maximum absolute atomic E-state index is 13.8. The summed E-state index contributed by atoms with van der Waals surface area (Å²) in [6, 6.07) is 24.5. The lowest BCUT2D eigenvalue weighted by molar-refractivity contribution is -0.255. The van der Waals surface area contributed by atoms with Crippen LogP contribution in [0.2, 0.25) is 0 Å². The van der Waals surface area contributed by atoms with E-state index < -0.39 is 12.2 Å². The minimum Gasteiger partial charge on any atom is -0.392 e. The molecule has 3 fully saturated rings. The second-order valence-electron chi connectivity index (χ2n) is 17.2. The molecule has 308 valence electrons. The molecule has 0 bridgehead atoms. The normalized spacial score (nSPS) is 23.9. The lowest BCUT2D eigenvalue weighted by Crippen LogP contribution is -2.61. The fourth-order valence-electron chi connectivity index (χ4n) is 8.78. The first kappa shape index (κ1) is 42.5. The van der Waals surface area contributed by atoms with Crippen molar-refractivity contribution in [3.05, 3.63) is 95.1 Å². The summed E-state index contributed by atoms with van der Waals surface area (Å²) in [6.07, 6.45) is 9.00. The second-order valence-corrected chi connectivity index (χ2v) is 17.2. The number of amides is 3. The fourth-order valence-corrected chi connectivity index (χ4v) is 8.78. The quantitative estimate of drug-likeness (QED) is 0.0609. The van der Waals surface area contributed by atoms with Gasteiger partial charge in [0.2, 0.25) is 17.7 Å². The molecule has 3 aliphatic rings. The molecular weight excluding hydrogens is 721 g/mol. The Hall–Kier alpha value is -4.13. The second kappa shape index (κ2) is 20.0. The van der Waals surface area contributed by atoms with Crippen LogP contribution in [0.1, 0.15) is 132 Å². The fraction of sp³-hybridized carbons (Fsp3) is 0.543. The highest BCUT2D eigenvalue weighted by Gasteiger charge is 2.44. The summed E-state index contributed by atoms with van der Waals surface area (Å²) in [7, 11) is 0. The van der Waals surface area contributed by atoms with E-state index in [2.05, 4.69) is 51.9 Å². The molecule has 2 saturated heterocycles. The number of hydrogen-bond acceptors (Lipinski definition) is 8. The molecule has 0 spiro atoms. The predicted octanol–water partition coefficient (Wildman–Crippen LogP) is 7.40. The molecule has 11 heteroatoms. The molecule has 2 aliphatic heterocycles. The van der Waals surface area contributed by atoms with Crippen molar-refractivity contribution in [1.29, 1.82) is 0 Å². The van der Waals surface area contributed by atoms with E-state index in [4.69, 9.17) is 14.7 Å². The first-order chi connectivity index (χ1) is 27.5. The Balaban J connectivity index is 1.15. The molecule has 1 aliphatic carbocycles. The molecule has 3 aromatic carbocycles. The maximum atomic E-state index is 13.8. The van der Waals surface area contributed by atoms with Gasteiger partial charge in [-0.25, -0.2) is 5.48 Å². The number of aliphatic hydroxyl groups excluding tert-OH is 1. The Morgan fingerprint density at radius 1 is 0.789 bits per heavy atom. The number of nitrogens with zero attached hydrogens (tertiary/aromatic N) is 1. The first-order valence-corrected chi connectivity index (χ1v) is 21.0. The monoisotopic (exact) mass is 782 g/mol. The third kappa shape index (κ3) is 12.0. The van der Waals surface area contributed by atoms with Gasteiger partial charge in [0, 0.05) is 49.5 Å². The standard InChI is InChI=1S/C46H62N4O7/c1-46(2,3)48-44(54)40-25-24-34-11-7-8-13-39(34)50(40)29-38-27-41(35-18-16-31(30-51)17-19-35)57-45(56-38)36-22-20-33(21-23-36)37-12-9-10-32(26-37)28-47-42(52)14-5-4-6-15-43(53)49-55/h9-10,12,16-23,26,34,38-41,45,51,55H,4-8,11,13-15,24-25,27-30H2,1-3H3,(H,47,52)(H,48,54)(H,49,53)/t34-,38-,39-,40-,41+,45+/m1/s1. The van der Waals surface area contributed by atoms with Gasteiger partial charge in [0.25, 0.3) is 0 Å². The van der Waals surface area contributed by atoms with Crippen LogP contribution in [0.5, 0.6) is 0 Å². The van der Waals surface area contributed by atoms with Gasteiger partial charge in [0.1, 0.15) is 0 Å². The van der Waals surface area contributed by atoms with Crippen LogP contribution in [0.3, 0.4) is 0 Å². The number of nitrogens with one attached hydrogen (secondary N) is 3. The van der Waals surface area contributed by atoms with Gasteiger partial charge in [0.05, 0.1) is 24.9 Å². The summed E-state index contributed by atoms with van der Waals surface area (Å²) in [5.74, 6) is 0.258.